The zero-order valence-electron chi connectivity index (χ0n) is 31.2. The van der Waals surface area contributed by atoms with E-state index < -0.39 is 15.8 Å². The smallest absolute Gasteiger partial charge is 1.00 e. The Morgan fingerprint density at radius 3 is 0.946 bits per heavy atom. The molecule has 0 bridgehead atoms. The van der Waals surface area contributed by atoms with Crippen LogP contribution in [-0.4, -0.2) is 12.1 Å². The van der Waals surface area contributed by atoms with E-state index in [4.69, 9.17) is 11.5 Å². The molecule has 8 aromatic carbocycles. The number of benzene rings is 8. The van der Waals surface area contributed by atoms with Gasteiger partial charge in [0.05, 0.1) is 0 Å². The van der Waals surface area contributed by atoms with Crippen LogP contribution in [0, 0.1) is 0 Å². The zero-order valence-corrected chi connectivity index (χ0v) is 35.5. The molecular weight excluding hydrogens is 827 g/mol. The van der Waals surface area contributed by atoms with E-state index in [0.29, 0.717) is 0 Å². The minimum Gasteiger partial charge on any atom is -1.00 e. The van der Waals surface area contributed by atoms with E-state index >= 15 is 0 Å². The number of hydrogen-bond donors (Lipinski definition) is 2. The first-order valence-electron chi connectivity index (χ1n) is 19.0. The minimum atomic E-state index is -0.852. The van der Waals surface area contributed by atoms with Crippen LogP contribution in [-0.2, 0) is 19.5 Å². The molecule has 9 rings (SSSR count). The summed E-state index contributed by atoms with van der Waals surface area (Å²) in [4.78, 5) is 0. The summed E-state index contributed by atoms with van der Waals surface area (Å²) in [6, 6.07) is 72.4. The molecule has 2 atom stereocenters. The number of halogens is 1. The van der Waals surface area contributed by atoms with Gasteiger partial charge >= 0.3 is 19.5 Å². The summed E-state index contributed by atoms with van der Waals surface area (Å²) in [6.07, 6.45) is 4.80. The number of fused-ring (bicyclic) bond motifs is 2. The summed E-state index contributed by atoms with van der Waals surface area (Å²) in [5, 5.41) is 13.3. The molecule has 0 spiro atoms. The molecule has 8 aromatic rings. The molecule has 2 unspecified atom stereocenters. The predicted octanol–water partition coefficient (Wildman–Crippen LogP) is 6.39. The van der Waals surface area contributed by atoms with Crippen LogP contribution < -0.4 is 55.7 Å². The standard InChI is InChI=1S/C44H32P2.C6H14N2.ClH.Ru/c1-5-19-35(20-6-1)45(36-21-7-2-8-22-36)41-31-29-33-17-13-15-27-39(33)43(41)44-40-28-16-14-18-34(40)30-32-42(44)46(37-23-9-3-10-24-37)38-25-11-4-12-26-38;7-5-3-1-2-4-6(5)8;;/h1-32H;5-6H,1-4,7-8H2;1H;/q;;;+2/p-1. The van der Waals surface area contributed by atoms with E-state index in [1.807, 2.05) is 0 Å². The van der Waals surface area contributed by atoms with Gasteiger partial charge < -0.3 is 23.9 Å². The molecule has 1 aliphatic carbocycles. The summed E-state index contributed by atoms with van der Waals surface area (Å²) < 4.78 is 0. The van der Waals surface area contributed by atoms with Crippen LogP contribution in [0.25, 0.3) is 32.7 Å². The van der Waals surface area contributed by atoms with Gasteiger partial charge in [-0.05, 0) is 93.2 Å². The molecule has 0 amide bonds. The SMILES string of the molecule is NC1CCCCC1N.[Cl-].[Ru+2].c1ccc(P(c2ccccc2)c2ccc3ccccc3c2-c2c(P(c3ccccc3)c3ccccc3)ccc3ccccc23)cc1. The van der Waals surface area contributed by atoms with Crippen LogP contribution in [0.4, 0.5) is 0 Å². The maximum absolute atomic E-state index is 5.65. The fourth-order valence-corrected chi connectivity index (χ4v) is 12.7. The topological polar surface area (TPSA) is 52.0 Å². The first-order chi connectivity index (χ1) is 26.7. The molecule has 0 aliphatic heterocycles. The Bertz CT molecular complexity index is 2200. The van der Waals surface area contributed by atoms with E-state index in [-0.39, 0.29) is 44.0 Å². The van der Waals surface area contributed by atoms with E-state index in [1.54, 1.807) is 0 Å². The van der Waals surface area contributed by atoms with Crippen LogP contribution in [0.3, 0.4) is 0 Å². The van der Waals surface area contributed by atoms with Crippen molar-refractivity contribution in [2.75, 3.05) is 0 Å². The van der Waals surface area contributed by atoms with Crippen molar-refractivity contribution in [3.05, 3.63) is 194 Å². The summed E-state index contributed by atoms with van der Waals surface area (Å²) >= 11 is 0. The van der Waals surface area contributed by atoms with Crippen LogP contribution in [0.15, 0.2) is 194 Å². The molecule has 4 N–H and O–H groups in total. The Labute approximate surface area is 353 Å². The number of hydrogen-bond acceptors (Lipinski definition) is 2. The summed E-state index contributed by atoms with van der Waals surface area (Å²) in [5.41, 5.74) is 14.0. The van der Waals surface area contributed by atoms with Gasteiger partial charge in [0.2, 0.25) is 0 Å². The quantitative estimate of drug-likeness (QED) is 0.144. The van der Waals surface area contributed by atoms with Gasteiger partial charge in [-0.15, -0.1) is 0 Å². The van der Waals surface area contributed by atoms with Crippen molar-refractivity contribution in [1.29, 1.82) is 0 Å². The molecule has 0 radical (unpaired) electrons. The van der Waals surface area contributed by atoms with Crippen molar-refractivity contribution < 1.29 is 31.9 Å². The predicted molar refractivity (Wildman–Crippen MR) is 239 cm³/mol. The first-order valence-corrected chi connectivity index (χ1v) is 21.7. The second-order valence-electron chi connectivity index (χ2n) is 14.0. The molecule has 1 fully saturated rings. The molecular formula is C50H46ClN2P2Ru+. The third kappa shape index (κ3) is 9.07. The Morgan fingerprint density at radius 2 is 0.643 bits per heavy atom. The average Bonchev–Trinajstić information content (AvgIpc) is 3.24. The van der Waals surface area contributed by atoms with Gasteiger partial charge in [-0.2, -0.15) is 0 Å². The molecule has 0 saturated heterocycles. The Kier molecular flexibility index (Phi) is 14.8. The number of rotatable bonds is 7. The maximum atomic E-state index is 5.65. The van der Waals surface area contributed by atoms with Crippen LogP contribution in [0.5, 0.6) is 0 Å². The summed E-state index contributed by atoms with van der Waals surface area (Å²) in [7, 11) is -1.70. The van der Waals surface area contributed by atoms with Crippen molar-refractivity contribution in [2.24, 2.45) is 11.5 Å². The van der Waals surface area contributed by atoms with Crippen molar-refractivity contribution >= 4 is 69.2 Å². The van der Waals surface area contributed by atoms with E-state index in [2.05, 4.69) is 194 Å². The van der Waals surface area contributed by atoms with Gasteiger partial charge in [-0.3, -0.25) is 0 Å². The zero-order chi connectivity index (χ0) is 36.7. The molecule has 0 aromatic heterocycles. The number of nitrogens with two attached hydrogens (primary N) is 2. The molecule has 0 heterocycles. The Hall–Kier alpha value is -4.03. The van der Waals surface area contributed by atoms with Crippen molar-refractivity contribution in [2.45, 2.75) is 37.8 Å². The van der Waals surface area contributed by atoms with Gasteiger partial charge in [0.1, 0.15) is 0 Å². The Morgan fingerprint density at radius 1 is 0.357 bits per heavy atom. The fraction of sp³-hybridized carbons (Fsp3) is 0.120. The minimum absolute atomic E-state index is 0. The molecule has 2 nitrogen and oxygen atoms in total. The van der Waals surface area contributed by atoms with E-state index in [0.717, 1.165) is 12.8 Å². The van der Waals surface area contributed by atoms with Crippen LogP contribution in [0.1, 0.15) is 25.7 Å². The third-order valence-corrected chi connectivity index (χ3v) is 15.4. The second-order valence-corrected chi connectivity index (χ2v) is 18.4. The van der Waals surface area contributed by atoms with Crippen molar-refractivity contribution in [1.82, 2.24) is 0 Å². The largest absolute Gasteiger partial charge is 2.00 e. The molecule has 1 aliphatic rings. The molecule has 1 saturated carbocycles. The maximum Gasteiger partial charge on any atom is 2.00 e. The third-order valence-electron chi connectivity index (χ3n) is 10.5. The van der Waals surface area contributed by atoms with Gasteiger partial charge in [0.25, 0.3) is 0 Å². The van der Waals surface area contributed by atoms with Gasteiger partial charge in [-0.1, -0.05) is 207 Å². The monoisotopic (exact) mass is 873 g/mol. The van der Waals surface area contributed by atoms with E-state index in [9.17, 15) is 0 Å². The Balaban J connectivity index is 0.000000476. The van der Waals surface area contributed by atoms with Gasteiger partial charge in [-0.25, -0.2) is 0 Å². The van der Waals surface area contributed by atoms with Gasteiger partial charge in [0, 0.05) is 12.1 Å². The normalized spacial score (nSPS) is 15.1. The fourth-order valence-electron chi connectivity index (χ4n) is 7.77. The van der Waals surface area contributed by atoms with Crippen LogP contribution in [0.2, 0.25) is 0 Å². The first kappa shape index (κ1) is 41.6. The molecule has 280 valence electrons. The van der Waals surface area contributed by atoms with Crippen LogP contribution >= 0.6 is 15.8 Å². The molecule has 6 heteroatoms. The van der Waals surface area contributed by atoms with Gasteiger partial charge in [0.15, 0.2) is 0 Å². The average molecular weight is 873 g/mol. The van der Waals surface area contributed by atoms with Crippen molar-refractivity contribution in [3.63, 3.8) is 0 Å². The molecule has 56 heavy (non-hydrogen) atoms. The van der Waals surface area contributed by atoms with Crippen molar-refractivity contribution in [3.8, 4) is 11.1 Å². The van der Waals surface area contributed by atoms with E-state index in [1.165, 1.54) is 77.3 Å². The summed E-state index contributed by atoms with van der Waals surface area (Å²) in [6.45, 7) is 0. The second kappa shape index (κ2) is 19.9. The summed E-state index contributed by atoms with van der Waals surface area (Å²) in [5.74, 6) is 0.